The summed E-state index contributed by atoms with van der Waals surface area (Å²) in [5.74, 6) is -0.0460. The Labute approximate surface area is 191 Å². The Morgan fingerprint density at radius 1 is 1.03 bits per heavy atom. The van der Waals surface area contributed by atoms with Crippen LogP contribution in [0.15, 0.2) is 61.3 Å². The van der Waals surface area contributed by atoms with Crippen molar-refractivity contribution in [1.82, 2.24) is 24.5 Å². The summed E-state index contributed by atoms with van der Waals surface area (Å²) < 4.78 is 40.4. The van der Waals surface area contributed by atoms with Crippen LogP contribution in [0, 0.1) is 18.3 Å². The molecule has 0 aliphatic heterocycles. The molecule has 1 N–H and O–H groups in total. The van der Waals surface area contributed by atoms with Gasteiger partial charge in [0, 0.05) is 41.0 Å². The molecule has 4 heterocycles. The van der Waals surface area contributed by atoms with Crippen LogP contribution in [-0.4, -0.2) is 30.4 Å². The molecule has 8 nitrogen and oxygen atoms in total. The average Bonchev–Trinajstić information content (AvgIpc) is 3.19. The Balaban J connectivity index is 1.44. The molecule has 170 valence electrons. The standard InChI is InChI=1S/C23H16F3N7O/c1-14-22(15-6-7-28-19(8-15)23(24,25)26)31-13-33(14)12-21(34)32-20-5-3-17(11-30-20)16-2-4-18(9-27)29-10-16/h2-8,10-11,13H,12H2,1H3,(H,30,32,34). The molecule has 0 atom stereocenters. The van der Waals surface area contributed by atoms with Gasteiger partial charge in [-0.25, -0.2) is 15.0 Å². The number of carbonyl (C=O) groups excluding carboxylic acids is 1. The highest BCUT2D eigenvalue weighted by Crippen LogP contribution is 2.31. The van der Waals surface area contributed by atoms with Crippen LogP contribution in [-0.2, 0) is 17.5 Å². The summed E-state index contributed by atoms with van der Waals surface area (Å²) in [5, 5.41) is 11.5. The van der Waals surface area contributed by atoms with Crippen molar-refractivity contribution in [2.45, 2.75) is 19.6 Å². The topological polar surface area (TPSA) is 109 Å². The van der Waals surface area contributed by atoms with Gasteiger partial charge < -0.3 is 9.88 Å². The third kappa shape index (κ3) is 4.91. The largest absolute Gasteiger partial charge is 0.433 e. The van der Waals surface area contributed by atoms with Crippen molar-refractivity contribution < 1.29 is 18.0 Å². The zero-order chi connectivity index (χ0) is 24.3. The number of alkyl halides is 3. The number of nitrogens with zero attached hydrogens (tertiary/aromatic N) is 6. The van der Waals surface area contributed by atoms with Crippen molar-refractivity contribution in [1.29, 1.82) is 5.26 Å². The van der Waals surface area contributed by atoms with E-state index >= 15 is 0 Å². The van der Waals surface area contributed by atoms with Gasteiger partial charge in [0.2, 0.25) is 5.91 Å². The molecule has 34 heavy (non-hydrogen) atoms. The van der Waals surface area contributed by atoms with Crippen LogP contribution < -0.4 is 5.32 Å². The Morgan fingerprint density at radius 3 is 2.38 bits per heavy atom. The maximum absolute atomic E-state index is 13.0. The second-order valence-corrected chi connectivity index (χ2v) is 7.26. The molecule has 0 radical (unpaired) electrons. The predicted octanol–water partition coefficient (Wildman–Crippen LogP) is 4.24. The number of nitrogens with one attached hydrogen (secondary N) is 1. The van der Waals surface area contributed by atoms with Crippen LogP contribution in [0.1, 0.15) is 17.1 Å². The molecule has 0 aliphatic rings. The smallest absolute Gasteiger partial charge is 0.325 e. The van der Waals surface area contributed by atoms with E-state index in [1.165, 1.54) is 17.0 Å². The van der Waals surface area contributed by atoms with E-state index in [1.54, 1.807) is 43.6 Å². The molecule has 4 aromatic rings. The molecule has 11 heteroatoms. The van der Waals surface area contributed by atoms with Crippen molar-refractivity contribution in [3.8, 4) is 28.5 Å². The monoisotopic (exact) mass is 463 g/mol. The predicted molar refractivity (Wildman–Crippen MR) is 116 cm³/mol. The van der Waals surface area contributed by atoms with Crippen LogP contribution in [0.25, 0.3) is 22.4 Å². The molecule has 0 aromatic carbocycles. The summed E-state index contributed by atoms with van der Waals surface area (Å²) in [5.41, 5.74) is 1.96. The van der Waals surface area contributed by atoms with Gasteiger partial charge in [-0.05, 0) is 43.3 Å². The van der Waals surface area contributed by atoms with Crippen LogP contribution in [0.3, 0.4) is 0 Å². The van der Waals surface area contributed by atoms with E-state index in [0.717, 1.165) is 23.4 Å². The molecular formula is C23H16F3N7O. The third-order valence-corrected chi connectivity index (χ3v) is 4.98. The Hall–Kier alpha value is -4.59. The van der Waals surface area contributed by atoms with Gasteiger partial charge in [-0.15, -0.1) is 0 Å². The highest BCUT2D eigenvalue weighted by atomic mass is 19.4. The number of aromatic nitrogens is 5. The summed E-state index contributed by atoms with van der Waals surface area (Å²) in [6.45, 7) is 1.57. The SMILES string of the molecule is Cc1c(-c2ccnc(C(F)(F)F)c2)ncn1CC(=O)Nc1ccc(-c2ccc(C#N)nc2)cn1. The van der Waals surface area contributed by atoms with E-state index in [0.29, 0.717) is 22.9 Å². The Bertz CT molecular complexity index is 1370. The molecule has 0 fully saturated rings. The molecule has 0 bridgehead atoms. The van der Waals surface area contributed by atoms with Gasteiger partial charge in [0.15, 0.2) is 0 Å². The zero-order valence-corrected chi connectivity index (χ0v) is 17.7. The number of anilines is 1. The van der Waals surface area contributed by atoms with Crippen LogP contribution in [0.4, 0.5) is 19.0 Å². The van der Waals surface area contributed by atoms with E-state index in [2.05, 4.69) is 25.3 Å². The van der Waals surface area contributed by atoms with Crippen molar-refractivity contribution in [2.24, 2.45) is 0 Å². The minimum absolute atomic E-state index is 0.0982. The maximum atomic E-state index is 13.0. The van der Waals surface area contributed by atoms with Crippen molar-refractivity contribution >= 4 is 11.7 Å². The van der Waals surface area contributed by atoms with Gasteiger partial charge in [0.05, 0.1) is 12.0 Å². The maximum Gasteiger partial charge on any atom is 0.433 e. The first-order valence-electron chi connectivity index (χ1n) is 9.92. The van der Waals surface area contributed by atoms with E-state index in [1.807, 2.05) is 6.07 Å². The van der Waals surface area contributed by atoms with Gasteiger partial charge in [0.1, 0.15) is 29.8 Å². The van der Waals surface area contributed by atoms with Crippen molar-refractivity contribution in [2.75, 3.05) is 5.32 Å². The molecule has 4 aromatic heterocycles. The van der Waals surface area contributed by atoms with Gasteiger partial charge in [-0.1, -0.05) is 0 Å². The lowest BCUT2D eigenvalue weighted by Gasteiger charge is -2.09. The number of hydrogen-bond acceptors (Lipinski definition) is 6. The minimum atomic E-state index is -4.56. The Morgan fingerprint density at radius 2 is 1.76 bits per heavy atom. The number of pyridine rings is 3. The second kappa shape index (κ2) is 9.11. The van der Waals surface area contributed by atoms with Gasteiger partial charge in [-0.2, -0.15) is 18.4 Å². The van der Waals surface area contributed by atoms with Gasteiger partial charge in [0.25, 0.3) is 0 Å². The van der Waals surface area contributed by atoms with Crippen molar-refractivity contribution in [3.05, 3.63) is 78.4 Å². The minimum Gasteiger partial charge on any atom is -0.325 e. The highest BCUT2D eigenvalue weighted by molar-refractivity contribution is 5.90. The van der Waals surface area contributed by atoms with Crippen molar-refractivity contribution in [3.63, 3.8) is 0 Å². The first kappa shape index (κ1) is 22.6. The molecule has 0 spiro atoms. The number of carbonyl (C=O) groups is 1. The fraction of sp³-hybridized carbons (Fsp3) is 0.130. The number of rotatable bonds is 5. The summed E-state index contributed by atoms with van der Waals surface area (Å²) >= 11 is 0. The normalized spacial score (nSPS) is 11.1. The lowest BCUT2D eigenvalue weighted by Crippen LogP contribution is -2.19. The summed E-state index contributed by atoms with van der Waals surface area (Å²) in [7, 11) is 0. The highest BCUT2D eigenvalue weighted by Gasteiger charge is 2.32. The number of halogens is 3. The van der Waals surface area contributed by atoms with Crippen LogP contribution >= 0.6 is 0 Å². The number of imidazole rings is 1. The molecule has 0 saturated carbocycles. The Kier molecular flexibility index (Phi) is 6.05. The third-order valence-electron chi connectivity index (χ3n) is 4.98. The first-order valence-corrected chi connectivity index (χ1v) is 9.92. The first-order chi connectivity index (χ1) is 16.2. The summed E-state index contributed by atoms with van der Waals surface area (Å²) in [4.78, 5) is 28.3. The van der Waals surface area contributed by atoms with E-state index < -0.39 is 11.9 Å². The summed E-state index contributed by atoms with van der Waals surface area (Å²) in [6.07, 6.45) is 1.04. The quantitative estimate of drug-likeness (QED) is 0.474. The fourth-order valence-corrected chi connectivity index (χ4v) is 3.23. The van der Waals surface area contributed by atoms with E-state index in [-0.39, 0.29) is 18.0 Å². The van der Waals surface area contributed by atoms with Gasteiger partial charge in [-0.3, -0.25) is 9.78 Å². The number of nitriles is 1. The van der Waals surface area contributed by atoms with Crippen LogP contribution in [0.5, 0.6) is 0 Å². The molecule has 0 aliphatic carbocycles. The lowest BCUT2D eigenvalue weighted by molar-refractivity contribution is -0.141. The zero-order valence-electron chi connectivity index (χ0n) is 17.7. The van der Waals surface area contributed by atoms with E-state index in [9.17, 15) is 18.0 Å². The van der Waals surface area contributed by atoms with Crippen LogP contribution in [0.2, 0.25) is 0 Å². The number of hydrogen-bond donors (Lipinski definition) is 1. The average molecular weight is 463 g/mol. The lowest BCUT2D eigenvalue weighted by atomic mass is 10.1. The molecule has 4 rings (SSSR count). The summed E-state index contributed by atoms with van der Waals surface area (Å²) in [6, 6.07) is 11.1. The number of amides is 1. The molecule has 0 saturated heterocycles. The van der Waals surface area contributed by atoms with E-state index in [4.69, 9.17) is 5.26 Å². The van der Waals surface area contributed by atoms with Gasteiger partial charge >= 0.3 is 6.18 Å². The fourth-order valence-electron chi connectivity index (χ4n) is 3.23. The molecular weight excluding hydrogens is 447 g/mol. The molecule has 0 unspecified atom stereocenters. The molecule has 1 amide bonds. The second-order valence-electron chi connectivity index (χ2n) is 7.26.